The van der Waals surface area contributed by atoms with Gasteiger partial charge in [0.05, 0.1) is 24.6 Å². The molecule has 0 aromatic carbocycles. The van der Waals surface area contributed by atoms with Crippen LogP contribution in [-0.4, -0.2) is 28.2 Å². The van der Waals surface area contributed by atoms with E-state index in [0.29, 0.717) is 12.5 Å². The predicted molar refractivity (Wildman–Crippen MR) is 99.0 cm³/mol. The zero-order chi connectivity index (χ0) is 17.9. The minimum absolute atomic E-state index is 0.0537. The fourth-order valence-electron chi connectivity index (χ4n) is 3.18. The van der Waals surface area contributed by atoms with E-state index in [1.807, 2.05) is 37.0 Å². The van der Waals surface area contributed by atoms with E-state index in [-0.39, 0.29) is 6.61 Å². The smallest absolute Gasteiger partial charge is 0.187 e. The molecule has 2 aromatic rings. The molecule has 24 heavy (non-hydrogen) atoms. The molecule has 0 aliphatic carbocycles. The van der Waals surface area contributed by atoms with Gasteiger partial charge in [-0.15, -0.1) is 0 Å². The van der Waals surface area contributed by atoms with E-state index in [4.69, 9.17) is 4.43 Å². The quantitative estimate of drug-likeness (QED) is 0.777. The number of aliphatic hydroxyl groups excluding tert-OH is 1. The summed E-state index contributed by atoms with van der Waals surface area (Å²) in [5, 5.41) is 14.5. The van der Waals surface area contributed by atoms with E-state index in [9.17, 15) is 5.11 Å². The maximum absolute atomic E-state index is 9.89. The van der Waals surface area contributed by atoms with Crippen molar-refractivity contribution in [2.75, 3.05) is 0 Å². The van der Waals surface area contributed by atoms with E-state index in [1.54, 1.807) is 0 Å². The molecule has 0 radical (unpaired) electrons. The van der Waals surface area contributed by atoms with Gasteiger partial charge in [0.1, 0.15) is 0 Å². The number of aryl methyl sites for hydroxylation is 2. The summed E-state index contributed by atoms with van der Waals surface area (Å²) in [5.41, 5.74) is 4.49. The van der Waals surface area contributed by atoms with Crippen LogP contribution < -0.4 is 0 Å². The molecule has 0 amide bonds. The standard InChI is InChI=1S/C18H29N3O2Si/c1-13(2)12-24(5,6)23-11-17-16(10-22)18(21(4)20-17)15-8-7-14(3)19-9-15/h7-9,13,22H,10-12H2,1-6H3. The lowest BCUT2D eigenvalue weighted by molar-refractivity contribution is 0.263. The lowest BCUT2D eigenvalue weighted by Gasteiger charge is -2.24. The van der Waals surface area contributed by atoms with Gasteiger partial charge in [-0.3, -0.25) is 9.67 Å². The van der Waals surface area contributed by atoms with Crippen LogP contribution in [-0.2, 0) is 24.7 Å². The van der Waals surface area contributed by atoms with Gasteiger partial charge in [0, 0.05) is 30.1 Å². The highest BCUT2D eigenvalue weighted by atomic mass is 28.4. The normalized spacial score (nSPS) is 12.2. The Labute approximate surface area is 145 Å². The minimum atomic E-state index is -1.72. The molecular weight excluding hydrogens is 318 g/mol. The fraction of sp³-hybridized carbons (Fsp3) is 0.556. The first-order valence-corrected chi connectivity index (χ1v) is 11.6. The van der Waals surface area contributed by atoms with Gasteiger partial charge in [0.15, 0.2) is 8.32 Å². The Balaban J connectivity index is 2.26. The van der Waals surface area contributed by atoms with Crippen LogP contribution in [0.5, 0.6) is 0 Å². The number of hydrogen-bond donors (Lipinski definition) is 1. The maximum atomic E-state index is 9.89. The zero-order valence-corrected chi connectivity index (χ0v) is 16.6. The molecular formula is C18H29N3O2Si. The zero-order valence-electron chi connectivity index (χ0n) is 15.6. The van der Waals surface area contributed by atoms with Crippen LogP contribution in [0, 0.1) is 12.8 Å². The Kier molecular flexibility index (Phi) is 5.95. The van der Waals surface area contributed by atoms with Crippen LogP contribution in [0.1, 0.15) is 30.8 Å². The average molecular weight is 348 g/mol. The molecule has 132 valence electrons. The van der Waals surface area contributed by atoms with Crippen LogP contribution in [0.3, 0.4) is 0 Å². The number of hydrogen-bond acceptors (Lipinski definition) is 4. The molecule has 2 rings (SSSR count). The molecule has 0 aliphatic heterocycles. The van der Waals surface area contributed by atoms with Crippen molar-refractivity contribution >= 4 is 8.32 Å². The Hall–Kier alpha value is -1.50. The third-order valence-corrected chi connectivity index (χ3v) is 6.80. The highest BCUT2D eigenvalue weighted by molar-refractivity contribution is 6.71. The van der Waals surface area contributed by atoms with Crippen LogP contribution in [0.4, 0.5) is 0 Å². The summed E-state index contributed by atoms with van der Waals surface area (Å²) in [7, 11) is 0.174. The molecule has 0 saturated carbocycles. The van der Waals surface area contributed by atoms with E-state index in [1.165, 1.54) is 0 Å². The average Bonchev–Trinajstić information content (AvgIpc) is 2.81. The summed E-state index contributed by atoms with van der Waals surface area (Å²) in [6.07, 6.45) is 1.83. The topological polar surface area (TPSA) is 60.2 Å². The first-order chi connectivity index (χ1) is 11.2. The second kappa shape index (κ2) is 7.59. The van der Waals surface area contributed by atoms with Gasteiger partial charge in [-0.05, 0) is 44.1 Å². The Morgan fingerprint density at radius 1 is 1.29 bits per heavy atom. The molecule has 0 unspecified atom stereocenters. The Morgan fingerprint density at radius 2 is 2.00 bits per heavy atom. The molecule has 1 N–H and O–H groups in total. The molecule has 2 aromatic heterocycles. The van der Waals surface area contributed by atoms with Crippen molar-refractivity contribution in [3.8, 4) is 11.3 Å². The number of aromatic nitrogens is 3. The SMILES string of the molecule is Cc1ccc(-c2c(CO)c(CO[Si](C)(C)CC(C)C)nn2C)cn1. The van der Waals surface area contributed by atoms with Crippen molar-refractivity contribution in [1.82, 2.24) is 14.8 Å². The molecule has 6 heteroatoms. The van der Waals surface area contributed by atoms with Crippen LogP contribution >= 0.6 is 0 Å². The molecule has 0 bridgehead atoms. The molecule has 0 atom stereocenters. The molecule has 0 spiro atoms. The second-order valence-corrected chi connectivity index (χ2v) is 11.6. The summed E-state index contributed by atoms with van der Waals surface area (Å²) >= 11 is 0. The third kappa shape index (κ3) is 4.52. The van der Waals surface area contributed by atoms with Crippen LogP contribution in [0.15, 0.2) is 18.3 Å². The largest absolute Gasteiger partial charge is 0.411 e. The van der Waals surface area contributed by atoms with Gasteiger partial charge in [-0.1, -0.05) is 13.8 Å². The van der Waals surface area contributed by atoms with Crippen molar-refractivity contribution in [3.63, 3.8) is 0 Å². The summed E-state index contributed by atoms with van der Waals surface area (Å²) < 4.78 is 8.04. The Bertz CT molecular complexity index is 678. The van der Waals surface area contributed by atoms with Gasteiger partial charge in [-0.25, -0.2) is 0 Å². The molecule has 0 aliphatic rings. The Morgan fingerprint density at radius 3 is 2.54 bits per heavy atom. The monoisotopic (exact) mass is 347 g/mol. The van der Waals surface area contributed by atoms with E-state index in [0.717, 1.165) is 34.3 Å². The van der Waals surface area contributed by atoms with Crippen LogP contribution in [0.2, 0.25) is 19.1 Å². The number of pyridine rings is 1. The maximum Gasteiger partial charge on any atom is 0.187 e. The molecule has 5 nitrogen and oxygen atoms in total. The summed E-state index contributed by atoms with van der Waals surface area (Å²) in [6, 6.07) is 5.10. The van der Waals surface area contributed by atoms with E-state index < -0.39 is 8.32 Å². The van der Waals surface area contributed by atoms with Gasteiger partial charge in [0.2, 0.25) is 0 Å². The number of aliphatic hydroxyl groups is 1. The summed E-state index contributed by atoms with van der Waals surface area (Å²) in [4.78, 5) is 4.35. The fourth-order valence-corrected chi connectivity index (χ4v) is 5.79. The van der Waals surface area contributed by atoms with Gasteiger partial charge < -0.3 is 9.53 Å². The molecule has 2 heterocycles. The third-order valence-electron chi connectivity index (χ3n) is 4.07. The first kappa shape index (κ1) is 18.8. The second-order valence-electron chi connectivity index (χ2n) is 7.39. The molecule has 0 fully saturated rings. The van der Waals surface area contributed by atoms with E-state index >= 15 is 0 Å². The van der Waals surface area contributed by atoms with Gasteiger partial charge in [0.25, 0.3) is 0 Å². The van der Waals surface area contributed by atoms with Crippen molar-refractivity contribution < 1.29 is 9.53 Å². The molecule has 0 saturated heterocycles. The summed E-state index contributed by atoms with van der Waals surface area (Å²) in [5.74, 6) is 0.627. The number of nitrogens with zero attached hydrogens (tertiary/aromatic N) is 3. The van der Waals surface area contributed by atoms with Crippen LogP contribution in [0.25, 0.3) is 11.3 Å². The predicted octanol–water partition coefficient (Wildman–Crippen LogP) is 3.66. The van der Waals surface area contributed by atoms with Crippen molar-refractivity contribution in [1.29, 1.82) is 0 Å². The minimum Gasteiger partial charge on any atom is -0.411 e. The van der Waals surface area contributed by atoms with Crippen molar-refractivity contribution in [3.05, 3.63) is 35.3 Å². The van der Waals surface area contributed by atoms with Gasteiger partial charge >= 0.3 is 0 Å². The van der Waals surface area contributed by atoms with Crippen molar-refractivity contribution in [2.24, 2.45) is 13.0 Å². The van der Waals surface area contributed by atoms with Crippen molar-refractivity contribution in [2.45, 2.75) is 53.1 Å². The highest BCUT2D eigenvalue weighted by Gasteiger charge is 2.26. The summed E-state index contributed by atoms with van der Waals surface area (Å²) in [6.45, 7) is 11.3. The number of rotatable bonds is 7. The first-order valence-electron chi connectivity index (χ1n) is 8.46. The highest BCUT2D eigenvalue weighted by Crippen LogP contribution is 2.27. The van der Waals surface area contributed by atoms with E-state index in [2.05, 4.69) is 37.0 Å². The van der Waals surface area contributed by atoms with Gasteiger partial charge in [-0.2, -0.15) is 5.10 Å². The lowest BCUT2D eigenvalue weighted by atomic mass is 10.1. The lowest BCUT2D eigenvalue weighted by Crippen LogP contribution is -2.31.